The maximum Gasteiger partial charge on any atom is 0.204 e. The Balaban J connectivity index is 1.79. The minimum Gasteiger partial charge on any atom is -0.359 e. The zero-order valence-corrected chi connectivity index (χ0v) is 10.6. The summed E-state index contributed by atoms with van der Waals surface area (Å²) in [4.78, 5) is 2.43. The van der Waals surface area contributed by atoms with Gasteiger partial charge < -0.3 is 5.32 Å². The molecule has 0 aromatic carbocycles. The van der Waals surface area contributed by atoms with Crippen molar-refractivity contribution >= 4 is 28.7 Å². The molecule has 1 fully saturated rings. The average molecular weight is 244 g/mol. The van der Waals surface area contributed by atoms with E-state index in [1.807, 2.05) is 0 Å². The molecule has 0 saturated heterocycles. The van der Waals surface area contributed by atoms with E-state index >= 15 is 0 Å². The molecule has 2 rings (SSSR count). The first kappa shape index (κ1) is 11.0. The molecule has 6 heteroatoms. The first-order valence-corrected chi connectivity index (χ1v) is 6.40. The molecule has 0 bridgehead atoms. The lowest BCUT2D eigenvalue weighted by Crippen LogP contribution is -2.36. The van der Waals surface area contributed by atoms with Crippen molar-refractivity contribution in [2.75, 3.05) is 18.9 Å². The summed E-state index contributed by atoms with van der Waals surface area (Å²) >= 11 is 6.45. The van der Waals surface area contributed by atoms with Gasteiger partial charge in [-0.15, -0.1) is 5.10 Å². The van der Waals surface area contributed by atoms with E-state index in [1.54, 1.807) is 0 Å². The Kier molecular flexibility index (Phi) is 3.38. The van der Waals surface area contributed by atoms with E-state index < -0.39 is 0 Å². The van der Waals surface area contributed by atoms with Gasteiger partial charge in [0.05, 0.1) is 0 Å². The zero-order chi connectivity index (χ0) is 10.8. The van der Waals surface area contributed by atoms with E-state index in [4.69, 9.17) is 12.2 Å². The quantitative estimate of drug-likeness (QED) is 0.779. The van der Waals surface area contributed by atoms with Crippen LogP contribution in [0.15, 0.2) is 0 Å². The average Bonchev–Trinajstić information content (AvgIpc) is 2.98. The highest BCUT2D eigenvalue weighted by atomic mass is 32.1. The first-order valence-electron chi connectivity index (χ1n) is 5.18. The van der Waals surface area contributed by atoms with E-state index in [9.17, 15) is 0 Å². The van der Waals surface area contributed by atoms with Crippen molar-refractivity contribution in [3.05, 3.63) is 3.95 Å². The van der Waals surface area contributed by atoms with Crippen molar-refractivity contribution in [2.45, 2.75) is 31.8 Å². The van der Waals surface area contributed by atoms with Gasteiger partial charge >= 0.3 is 0 Å². The maximum absolute atomic E-state index is 4.97. The van der Waals surface area contributed by atoms with E-state index in [0.717, 1.165) is 21.7 Å². The molecule has 1 aromatic heterocycles. The van der Waals surface area contributed by atoms with Gasteiger partial charge in [-0.25, -0.2) is 0 Å². The molecule has 15 heavy (non-hydrogen) atoms. The van der Waals surface area contributed by atoms with Crippen molar-refractivity contribution in [1.82, 2.24) is 15.1 Å². The molecule has 2 N–H and O–H groups in total. The standard InChI is InChI=1S/C9H16N4S2/c1-6(13(2)7-3-4-7)5-10-8-11-12-9(14)15-8/h6-7H,3-5H2,1-2H3,(H,10,11)(H,12,14). The molecule has 1 aliphatic carbocycles. The third-order valence-corrected chi connectivity index (χ3v) is 3.85. The fourth-order valence-corrected chi connectivity index (χ4v) is 2.32. The lowest BCUT2D eigenvalue weighted by molar-refractivity contribution is 0.257. The van der Waals surface area contributed by atoms with E-state index in [0.29, 0.717) is 6.04 Å². The van der Waals surface area contributed by atoms with E-state index in [-0.39, 0.29) is 0 Å². The number of H-pyrrole nitrogens is 1. The van der Waals surface area contributed by atoms with Crippen LogP contribution in [0.1, 0.15) is 19.8 Å². The summed E-state index contributed by atoms with van der Waals surface area (Å²) in [6.07, 6.45) is 2.70. The Morgan fingerprint density at radius 1 is 1.73 bits per heavy atom. The van der Waals surface area contributed by atoms with Crippen LogP contribution in [-0.2, 0) is 0 Å². The summed E-state index contributed by atoms with van der Waals surface area (Å²) < 4.78 is 0.723. The summed E-state index contributed by atoms with van der Waals surface area (Å²) in [6, 6.07) is 1.34. The number of aromatic amines is 1. The van der Waals surface area contributed by atoms with Gasteiger partial charge in [0.25, 0.3) is 0 Å². The summed E-state index contributed by atoms with van der Waals surface area (Å²) in [5.74, 6) is 0. The van der Waals surface area contributed by atoms with E-state index in [1.165, 1.54) is 24.2 Å². The van der Waals surface area contributed by atoms with Crippen molar-refractivity contribution in [3.8, 4) is 0 Å². The van der Waals surface area contributed by atoms with Crippen LogP contribution >= 0.6 is 23.6 Å². The number of rotatable bonds is 5. The molecule has 4 nitrogen and oxygen atoms in total. The Hall–Kier alpha value is -0.460. The third kappa shape index (κ3) is 2.99. The smallest absolute Gasteiger partial charge is 0.204 e. The second-order valence-electron chi connectivity index (χ2n) is 4.04. The molecule has 0 aliphatic heterocycles. The van der Waals surface area contributed by atoms with Crippen LogP contribution in [0.3, 0.4) is 0 Å². The van der Waals surface area contributed by atoms with Crippen LogP contribution in [0.25, 0.3) is 0 Å². The molecule has 0 amide bonds. The molecule has 1 unspecified atom stereocenters. The van der Waals surface area contributed by atoms with E-state index in [2.05, 4.69) is 34.4 Å². The van der Waals surface area contributed by atoms with Gasteiger partial charge in [-0.1, -0.05) is 11.3 Å². The van der Waals surface area contributed by atoms with Crippen LogP contribution < -0.4 is 5.32 Å². The predicted octanol–water partition coefficient (Wildman–Crippen LogP) is 2.10. The second kappa shape index (κ2) is 4.59. The molecule has 0 radical (unpaired) electrons. The number of likely N-dealkylation sites (N-methyl/N-ethyl adjacent to an activating group) is 1. The number of anilines is 1. The Bertz CT molecular complexity index is 368. The minimum absolute atomic E-state index is 0.537. The van der Waals surface area contributed by atoms with Crippen LogP contribution in [0.4, 0.5) is 5.13 Å². The molecule has 84 valence electrons. The van der Waals surface area contributed by atoms with Crippen molar-refractivity contribution in [2.24, 2.45) is 0 Å². The zero-order valence-electron chi connectivity index (χ0n) is 8.99. The van der Waals surface area contributed by atoms with Gasteiger partial charge in [0.15, 0.2) is 3.95 Å². The van der Waals surface area contributed by atoms with Gasteiger partial charge in [-0.05, 0) is 39.0 Å². The fraction of sp³-hybridized carbons (Fsp3) is 0.778. The second-order valence-corrected chi connectivity index (χ2v) is 5.71. The number of aromatic nitrogens is 2. The third-order valence-electron chi connectivity index (χ3n) is 2.80. The summed E-state index contributed by atoms with van der Waals surface area (Å²) in [7, 11) is 2.19. The summed E-state index contributed by atoms with van der Waals surface area (Å²) in [6.45, 7) is 3.15. The number of nitrogens with one attached hydrogen (secondary N) is 2. The van der Waals surface area contributed by atoms with Crippen molar-refractivity contribution in [1.29, 1.82) is 0 Å². The highest BCUT2D eigenvalue weighted by molar-refractivity contribution is 7.73. The fourth-order valence-electron chi connectivity index (χ4n) is 1.53. The number of nitrogens with zero attached hydrogens (tertiary/aromatic N) is 2. The van der Waals surface area contributed by atoms with Gasteiger partial charge in [0.2, 0.25) is 5.13 Å². The Morgan fingerprint density at radius 3 is 3.00 bits per heavy atom. The first-order chi connectivity index (χ1) is 7.16. The predicted molar refractivity (Wildman–Crippen MR) is 66.0 cm³/mol. The lowest BCUT2D eigenvalue weighted by atomic mass is 10.3. The van der Waals surface area contributed by atoms with Crippen LogP contribution in [0, 0.1) is 3.95 Å². The summed E-state index contributed by atoms with van der Waals surface area (Å²) in [5, 5.41) is 11.0. The van der Waals surface area contributed by atoms with Gasteiger partial charge in [-0.2, -0.15) is 0 Å². The normalized spacial score (nSPS) is 18.1. The molecule has 1 atom stereocenters. The highest BCUT2D eigenvalue weighted by Gasteiger charge is 2.28. The molecule has 1 saturated carbocycles. The Morgan fingerprint density at radius 2 is 2.47 bits per heavy atom. The van der Waals surface area contributed by atoms with Crippen LogP contribution in [0.2, 0.25) is 0 Å². The van der Waals surface area contributed by atoms with Crippen LogP contribution in [0.5, 0.6) is 0 Å². The molecule has 1 heterocycles. The minimum atomic E-state index is 0.537. The number of hydrogen-bond acceptors (Lipinski definition) is 5. The van der Waals surface area contributed by atoms with Gasteiger partial charge in [0, 0.05) is 18.6 Å². The molecule has 1 aliphatic rings. The SMILES string of the molecule is CC(CNc1n[nH]c(=S)s1)N(C)C1CC1. The largest absolute Gasteiger partial charge is 0.359 e. The van der Waals surface area contributed by atoms with Gasteiger partial charge in [-0.3, -0.25) is 10.00 Å². The topological polar surface area (TPSA) is 44.0 Å². The van der Waals surface area contributed by atoms with Crippen molar-refractivity contribution < 1.29 is 0 Å². The molecular weight excluding hydrogens is 228 g/mol. The Labute approximate surface area is 98.7 Å². The monoisotopic (exact) mass is 244 g/mol. The highest BCUT2D eigenvalue weighted by Crippen LogP contribution is 2.27. The number of hydrogen-bond donors (Lipinski definition) is 2. The molecular formula is C9H16N4S2. The lowest BCUT2D eigenvalue weighted by Gasteiger charge is -2.24. The van der Waals surface area contributed by atoms with Crippen LogP contribution in [-0.4, -0.2) is 40.8 Å². The molecule has 1 aromatic rings. The van der Waals surface area contributed by atoms with Gasteiger partial charge in [0.1, 0.15) is 0 Å². The maximum atomic E-state index is 4.97. The summed E-state index contributed by atoms with van der Waals surface area (Å²) in [5.41, 5.74) is 0. The van der Waals surface area contributed by atoms with Crippen molar-refractivity contribution in [3.63, 3.8) is 0 Å². The molecule has 0 spiro atoms.